The van der Waals surface area contributed by atoms with Crippen LogP contribution in [0.1, 0.15) is 32.6 Å². The fraction of sp³-hybridized carbons (Fsp3) is 0.818. The lowest BCUT2D eigenvalue weighted by Gasteiger charge is -2.09. The highest BCUT2D eigenvalue weighted by Gasteiger charge is 2.53. The molecule has 0 aromatic carbocycles. The summed E-state index contributed by atoms with van der Waals surface area (Å²) in [5.74, 6) is 2.72. The van der Waals surface area contributed by atoms with Gasteiger partial charge in [-0.05, 0) is 37.5 Å². The summed E-state index contributed by atoms with van der Waals surface area (Å²) in [4.78, 5) is 0. The maximum absolute atomic E-state index is 6.08. The lowest BCUT2D eigenvalue weighted by molar-refractivity contribution is 0.480. The predicted octanol–water partition coefficient (Wildman–Crippen LogP) is 2.33. The number of hydrogen-bond acceptors (Lipinski definition) is 1. The first kappa shape index (κ1) is 8.31. The zero-order valence-electron chi connectivity index (χ0n) is 7.92. The summed E-state index contributed by atoms with van der Waals surface area (Å²) in [5.41, 5.74) is 7.26. The molecule has 3 atom stereocenters. The van der Waals surface area contributed by atoms with Gasteiger partial charge in [0.2, 0.25) is 0 Å². The van der Waals surface area contributed by atoms with E-state index in [2.05, 4.69) is 13.5 Å². The average molecular weight is 165 g/mol. The summed E-state index contributed by atoms with van der Waals surface area (Å²) >= 11 is 0. The monoisotopic (exact) mass is 165 g/mol. The molecule has 3 unspecified atom stereocenters. The van der Waals surface area contributed by atoms with Crippen molar-refractivity contribution in [2.45, 2.75) is 38.6 Å². The molecule has 0 amide bonds. The van der Waals surface area contributed by atoms with E-state index < -0.39 is 0 Å². The van der Waals surface area contributed by atoms with E-state index >= 15 is 0 Å². The predicted molar refractivity (Wildman–Crippen MR) is 51.7 cm³/mol. The Bertz CT molecular complexity index is 185. The quantitative estimate of drug-likeness (QED) is 0.624. The van der Waals surface area contributed by atoms with Crippen molar-refractivity contribution in [3.05, 3.63) is 12.2 Å². The minimum Gasteiger partial charge on any atom is -0.324 e. The molecule has 2 aliphatic carbocycles. The van der Waals surface area contributed by atoms with Gasteiger partial charge in [-0.25, -0.2) is 0 Å². The Morgan fingerprint density at radius 3 is 2.25 bits per heavy atom. The van der Waals surface area contributed by atoms with E-state index in [0.29, 0.717) is 0 Å². The molecular weight excluding hydrogens is 146 g/mol. The molecule has 0 radical (unpaired) electrons. The Morgan fingerprint density at radius 1 is 1.33 bits per heavy atom. The molecular formula is C11H19N. The molecule has 0 spiro atoms. The zero-order valence-corrected chi connectivity index (χ0v) is 7.92. The maximum atomic E-state index is 6.08. The molecule has 2 N–H and O–H groups in total. The standard InChI is InChI=1S/C11H19N/c1-7(2)11(12)10-8-5-3-4-6-9(8)10/h8-11H,1,3-6,12H2,2H3. The Kier molecular flexibility index (Phi) is 1.99. The normalized spacial score (nSPS) is 41.7. The fourth-order valence-electron chi connectivity index (χ4n) is 2.91. The second-order valence-corrected chi connectivity index (χ2v) is 4.56. The summed E-state index contributed by atoms with van der Waals surface area (Å²) in [6, 6.07) is 0.290. The van der Waals surface area contributed by atoms with Crippen LogP contribution in [0.15, 0.2) is 12.2 Å². The first-order valence-electron chi connectivity index (χ1n) is 5.13. The van der Waals surface area contributed by atoms with Gasteiger partial charge in [0.25, 0.3) is 0 Å². The minimum atomic E-state index is 0.290. The van der Waals surface area contributed by atoms with Crippen molar-refractivity contribution in [2.75, 3.05) is 0 Å². The van der Waals surface area contributed by atoms with Crippen LogP contribution in [0.3, 0.4) is 0 Å². The first-order chi connectivity index (χ1) is 5.72. The number of nitrogens with two attached hydrogens (primary N) is 1. The Morgan fingerprint density at radius 2 is 1.83 bits per heavy atom. The molecule has 2 saturated carbocycles. The highest BCUT2D eigenvalue weighted by Crippen LogP contribution is 2.57. The molecule has 0 saturated heterocycles. The largest absolute Gasteiger partial charge is 0.324 e. The van der Waals surface area contributed by atoms with Gasteiger partial charge in [0.15, 0.2) is 0 Å². The number of fused-ring (bicyclic) bond motifs is 1. The summed E-state index contributed by atoms with van der Waals surface area (Å²) in [7, 11) is 0. The van der Waals surface area contributed by atoms with Gasteiger partial charge in [-0.15, -0.1) is 0 Å². The van der Waals surface area contributed by atoms with Crippen LogP contribution in [-0.2, 0) is 0 Å². The van der Waals surface area contributed by atoms with Gasteiger partial charge in [0.05, 0.1) is 0 Å². The summed E-state index contributed by atoms with van der Waals surface area (Å²) in [6.07, 6.45) is 5.72. The number of rotatable bonds is 2. The SMILES string of the molecule is C=C(C)C(N)C1C2CCCCC21. The number of hydrogen-bond donors (Lipinski definition) is 1. The lowest BCUT2D eigenvalue weighted by Crippen LogP contribution is -2.24. The average Bonchev–Trinajstić information content (AvgIpc) is 2.76. The lowest BCUT2D eigenvalue weighted by atomic mass is 10.0. The smallest absolute Gasteiger partial charge is 0.0282 e. The van der Waals surface area contributed by atoms with Gasteiger partial charge in [-0.3, -0.25) is 0 Å². The van der Waals surface area contributed by atoms with Gasteiger partial charge in [-0.1, -0.05) is 25.0 Å². The van der Waals surface area contributed by atoms with E-state index in [-0.39, 0.29) is 6.04 Å². The van der Waals surface area contributed by atoms with Gasteiger partial charge in [0.1, 0.15) is 0 Å². The molecule has 2 aliphatic rings. The van der Waals surface area contributed by atoms with Gasteiger partial charge >= 0.3 is 0 Å². The van der Waals surface area contributed by atoms with Crippen LogP contribution >= 0.6 is 0 Å². The van der Waals surface area contributed by atoms with Gasteiger partial charge in [0, 0.05) is 6.04 Å². The van der Waals surface area contributed by atoms with E-state index in [1.807, 2.05) is 0 Å². The molecule has 1 heteroatoms. The van der Waals surface area contributed by atoms with Gasteiger partial charge < -0.3 is 5.73 Å². The minimum absolute atomic E-state index is 0.290. The van der Waals surface area contributed by atoms with Crippen LogP contribution in [0.25, 0.3) is 0 Å². The first-order valence-corrected chi connectivity index (χ1v) is 5.13. The molecule has 0 aliphatic heterocycles. The zero-order chi connectivity index (χ0) is 8.72. The van der Waals surface area contributed by atoms with Crippen molar-refractivity contribution >= 4 is 0 Å². The molecule has 0 aromatic heterocycles. The van der Waals surface area contributed by atoms with Crippen molar-refractivity contribution in [1.29, 1.82) is 0 Å². The second-order valence-electron chi connectivity index (χ2n) is 4.56. The summed E-state index contributed by atoms with van der Waals surface area (Å²) < 4.78 is 0. The van der Waals surface area contributed by atoms with Crippen LogP contribution in [0, 0.1) is 17.8 Å². The summed E-state index contributed by atoms with van der Waals surface area (Å²) in [5, 5.41) is 0. The maximum Gasteiger partial charge on any atom is 0.0282 e. The van der Waals surface area contributed by atoms with Crippen molar-refractivity contribution in [2.24, 2.45) is 23.5 Å². The fourth-order valence-corrected chi connectivity index (χ4v) is 2.91. The van der Waals surface area contributed by atoms with Crippen LogP contribution < -0.4 is 5.73 Å². The van der Waals surface area contributed by atoms with E-state index in [1.165, 1.54) is 31.3 Å². The van der Waals surface area contributed by atoms with E-state index in [4.69, 9.17) is 5.73 Å². The van der Waals surface area contributed by atoms with E-state index in [0.717, 1.165) is 17.8 Å². The van der Waals surface area contributed by atoms with Crippen LogP contribution in [-0.4, -0.2) is 6.04 Å². The van der Waals surface area contributed by atoms with E-state index in [1.54, 1.807) is 0 Å². The third-order valence-electron chi connectivity index (χ3n) is 3.71. The topological polar surface area (TPSA) is 26.0 Å². The molecule has 12 heavy (non-hydrogen) atoms. The van der Waals surface area contributed by atoms with E-state index in [9.17, 15) is 0 Å². The van der Waals surface area contributed by atoms with Crippen molar-refractivity contribution in [3.63, 3.8) is 0 Å². The second kappa shape index (κ2) is 2.88. The van der Waals surface area contributed by atoms with Gasteiger partial charge in [-0.2, -0.15) is 0 Å². The Labute approximate surface area is 75.0 Å². The molecule has 68 valence electrons. The highest BCUT2D eigenvalue weighted by molar-refractivity contribution is 5.14. The third-order valence-corrected chi connectivity index (χ3v) is 3.71. The molecule has 0 aromatic rings. The molecule has 2 rings (SSSR count). The molecule has 0 bridgehead atoms. The Hall–Kier alpha value is -0.300. The van der Waals surface area contributed by atoms with Crippen LogP contribution in [0.4, 0.5) is 0 Å². The van der Waals surface area contributed by atoms with Crippen molar-refractivity contribution in [1.82, 2.24) is 0 Å². The van der Waals surface area contributed by atoms with Crippen molar-refractivity contribution in [3.8, 4) is 0 Å². The third kappa shape index (κ3) is 1.20. The van der Waals surface area contributed by atoms with Crippen LogP contribution in [0.2, 0.25) is 0 Å². The molecule has 0 heterocycles. The van der Waals surface area contributed by atoms with Crippen molar-refractivity contribution < 1.29 is 0 Å². The Balaban J connectivity index is 1.95. The molecule has 2 fully saturated rings. The molecule has 1 nitrogen and oxygen atoms in total. The highest BCUT2D eigenvalue weighted by atomic mass is 14.7. The summed E-state index contributed by atoms with van der Waals surface area (Å²) in [6.45, 7) is 6.01. The van der Waals surface area contributed by atoms with Crippen LogP contribution in [0.5, 0.6) is 0 Å².